The molecule has 0 saturated heterocycles. The van der Waals surface area contributed by atoms with E-state index in [-0.39, 0.29) is 0 Å². The van der Waals surface area contributed by atoms with Crippen LogP contribution in [-0.2, 0) is 0 Å². The van der Waals surface area contributed by atoms with E-state index in [9.17, 15) is 5.11 Å². The molecule has 0 bridgehead atoms. The molecule has 70 valence electrons. The van der Waals surface area contributed by atoms with Crippen molar-refractivity contribution in [3.05, 3.63) is 29.3 Å². The van der Waals surface area contributed by atoms with Crippen molar-refractivity contribution in [2.24, 2.45) is 0 Å². The number of phenols is 1. The summed E-state index contributed by atoms with van der Waals surface area (Å²) in [6.07, 6.45) is 2.00. The van der Waals surface area contributed by atoms with Gasteiger partial charge in [-0.3, -0.25) is 0 Å². The Bertz CT molecular complexity index is 325. The van der Waals surface area contributed by atoms with Crippen LogP contribution < -0.4 is 5.30 Å². The zero-order chi connectivity index (χ0) is 9.84. The van der Waals surface area contributed by atoms with Crippen LogP contribution in [0.1, 0.15) is 19.4 Å². The van der Waals surface area contributed by atoms with Crippen molar-refractivity contribution >= 4 is 20.0 Å². The highest BCUT2D eigenvalue weighted by atomic mass is 31.1. The van der Waals surface area contributed by atoms with E-state index in [1.165, 1.54) is 5.57 Å². The molecule has 13 heavy (non-hydrogen) atoms. The maximum absolute atomic E-state index is 9.80. The highest BCUT2D eigenvalue weighted by molar-refractivity contribution is 7.46. The Labute approximate surface area is 81.3 Å². The van der Waals surface area contributed by atoms with Crippen LogP contribution in [0.25, 0.3) is 6.08 Å². The lowest BCUT2D eigenvalue weighted by atomic mass is 10.1. The molecule has 0 amide bonds. The van der Waals surface area contributed by atoms with Crippen molar-refractivity contribution in [3.63, 3.8) is 0 Å². The number of rotatable bonds is 2. The van der Waals surface area contributed by atoms with Crippen LogP contribution in [0.15, 0.2) is 23.8 Å². The van der Waals surface area contributed by atoms with Gasteiger partial charge in [0, 0.05) is 10.9 Å². The first-order valence-electron chi connectivity index (χ1n) is 4.29. The van der Waals surface area contributed by atoms with Crippen molar-refractivity contribution < 1.29 is 5.11 Å². The van der Waals surface area contributed by atoms with Gasteiger partial charge >= 0.3 is 0 Å². The number of para-hydroxylation sites is 1. The van der Waals surface area contributed by atoms with E-state index < -0.39 is 0 Å². The smallest absolute Gasteiger partial charge is 0.130 e. The van der Waals surface area contributed by atoms with Crippen molar-refractivity contribution in [2.45, 2.75) is 13.8 Å². The van der Waals surface area contributed by atoms with E-state index in [4.69, 9.17) is 0 Å². The molecule has 0 saturated carbocycles. The van der Waals surface area contributed by atoms with E-state index in [0.29, 0.717) is 14.3 Å². The van der Waals surface area contributed by atoms with E-state index in [0.717, 1.165) is 10.9 Å². The minimum absolute atomic E-state index is 0.435. The molecule has 0 aliphatic heterocycles. The van der Waals surface area contributed by atoms with E-state index in [1.54, 1.807) is 0 Å². The molecule has 0 aliphatic carbocycles. The summed E-state index contributed by atoms with van der Waals surface area (Å²) in [7, 11) is 0.643. The van der Waals surface area contributed by atoms with Crippen LogP contribution in [0.4, 0.5) is 0 Å². The monoisotopic (exact) mass is 194 g/mol. The third-order valence-corrected chi connectivity index (χ3v) is 2.72. The van der Waals surface area contributed by atoms with Gasteiger partial charge in [-0.15, -0.1) is 0 Å². The quantitative estimate of drug-likeness (QED) is 0.718. The van der Waals surface area contributed by atoms with Gasteiger partial charge in [0.1, 0.15) is 5.75 Å². The van der Waals surface area contributed by atoms with Gasteiger partial charge in [0.05, 0.1) is 0 Å². The normalized spacial score (nSPS) is 10.7. The van der Waals surface area contributed by atoms with Crippen LogP contribution in [0.2, 0.25) is 0 Å². The second kappa shape index (κ2) is 4.43. The third-order valence-electron chi connectivity index (χ3n) is 1.78. The molecule has 1 atom stereocenters. The van der Waals surface area contributed by atoms with Gasteiger partial charge in [0.15, 0.2) is 0 Å². The molecule has 2 heteroatoms. The van der Waals surface area contributed by atoms with E-state index in [2.05, 4.69) is 6.66 Å². The van der Waals surface area contributed by atoms with E-state index >= 15 is 0 Å². The van der Waals surface area contributed by atoms with Gasteiger partial charge in [-0.1, -0.05) is 38.4 Å². The van der Waals surface area contributed by atoms with Gasteiger partial charge in [-0.05, 0) is 20.5 Å². The van der Waals surface area contributed by atoms with E-state index in [1.807, 2.05) is 38.1 Å². The number of phenolic OH excluding ortho intramolecular Hbond substituents is 1. The minimum Gasteiger partial charge on any atom is -0.507 e. The second-order valence-electron chi connectivity index (χ2n) is 3.22. The fraction of sp³-hybridized carbons (Fsp3) is 0.273. The molecule has 0 fully saturated rings. The fourth-order valence-electron chi connectivity index (χ4n) is 1.19. The van der Waals surface area contributed by atoms with Gasteiger partial charge in [0.25, 0.3) is 0 Å². The number of allylic oxidation sites excluding steroid dienone is 1. The van der Waals surface area contributed by atoms with Gasteiger partial charge in [-0.2, -0.15) is 0 Å². The summed E-state index contributed by atoms with van der Waals surface area (Å²) in [4.78, 5) is 0. The number of hydrogen-bond acceptors (Lipinski definition) is 1. The number of hydrogen-bond donors (Lipinski definition) is 1. The number of aromatic hydroxyl groups is 1. The molecule has 1 rings (SSSR count). The lowest BCUT2D eigenvalue weighted by molar-refractivity contribution is 0.478. The average molecular weight is 194 g/mol. The zero-order valence-electron chi connectivity index (χ0n) is 8.26. The second-order valence-corrected chi connectivity index (χ2v) is 4.25. The maximum atomic E-state index is 9.80. The topological polar surface area (TPSA) is 20.2 Å². The molecular formula is C11H15OP. The first-order chi connectivity index (χ1) is 6.15. The zero-order valence-corrected chi connectivity index (χ0v) is 9.26. The van der Waals surface area contributed by atoms with Crippen molar-refractivity contribution in [3.8, 4) is 5.75 Å². The molecule has 0 aliphatic rings. The first-order valence-corrected chi connectivity index (χ1v) is 5.79. The first kappa shape index (κ1) is 10.3. The maximum Gasteiger partial charge on any atom is 0.130 e. The van der Waals surface area contributed by atoms with Crippen LogP contribution in [0, 0.1) is 0 Å². The van der Waals surface area contributed by atoms with Crippen molar-refractivity contribution in [2.75, 3.05) is 6.66 Å². The Kier molecular flexibility index (Phi) is 3.50. The summed E-state index contributed by atoms with van der Waals surface area (Å²) in [6.45, 7) is 6.13. The standard InChI is InChI=1S/C11H15OP/c1-8(2)7-9-5-4-6-10(13-3)11(9)12/h4-7,12-13H,1-3H3. The van der Waals surface area contributed by atoms with Crippen LogP contribution in [-0.4, -0.2) is 11.8 Å². The SMILES string of the molecule is CPc1cccc(C=C(C)C)c1O. The van der Waals surface area contributed by atoms with Crippen LogP contribution >= 0.6 is 8.58 Å². The molecule has 0 aromatic heterocycles. The van der Waals surface area contributed by atoms with Crippen molar-refractivity contribution in [1.29, 1.82) is 0 Å². The molecule has 0 heterocycles. The number of benzene rings is 1. The van der Waals surface area contributed by atoms with Crippen LogP contribution in [0.3, 0.4) is 0 Å². The van der Waals surface area contributed by atoms with Crippen molar-refractivity contribution in [1.82, 2.24) is 0 Å². The Morgan fingerprint density at radius 1 is 1.38 bits per heavy atom. The summed E-state index contributed by atoms with van der Waals surface area (Å²) in [5.74, 6) is 0.435. The summed E-state index contributed by atoms with van der Waals surface area (Å²) < 4.78 is 0. The highest BCUT2D eigenvalue weighted by Crippen LogP contribution is 2.22. The third kappa shape index (κ3) is 2.57. The largest absolute Gasteiger partial charge is 0.507 e. The Morgan fingerprint density at radius 2 is 2.08 bits per heavy atom. The Morgan fingerprint density at radius 3 is 2.62 bits per heavy atom. The molecule has 1 unspecified atom stereocenters. The molecule has 1 nitrogen and oxygen atoms in total. The van der Waals surface area contributed by atoms with Gasteiger partial charge in [0.2, 0.25) is 0 Å². The summed E-state index contributed by atoms with van der Waals surface area (Å²) in [5, 5.41) is 10.8. The molecule has 1 N–H and O–H groups in total. The summed E-state index contributed by atoms with van der Waals surface area (Å²) in [6, 6.07) is 5.89. The predicted molar refractivity (Wildman–Crippen MR) is 61.3 cm³/mol. The highest BCUT2D eigenvalue weighted by Gasteiger charge is 2.02. The molecular weight excluding hydrogens is 179 g/mol. The minimum atomic E-state index is 0.435. The fourth-order valence-corrected chi connectivity index (χ4v) is 1.83. The van der Waals surface area contributed by atoms with Gasteiger partial charge in [-0.25, -0.2) is 0 Å². The molecule has 0 spiro atoms. The summed E-state index contributed by atoms with van der Waals surface area (Å²) >= 11 is 0. The lowest BCUT2D eigenvalue weighted by Gasteiger charge is -2.04. The van der Waals surface area contributed by atoms with Gasteiger partial charge < -0.3 is 5.11 Å². The Balaban J connectivity index is 3.16. The van der Waals surface area contributed by atoms with Crippen LogP contribution in [0.5, 0.6) is 5.75 Å². The average Bonchev–Trinajstić information content (AvgIpc) is 2.08. The Hall–Kier alpha value is -0.810. The lowest BCUT2D eigenvalue weighted by Crippen LogP contribution is -1.95. The molecule has 1 aromatic carbocycles. The predicted octanol–water partition coefficient (Wildman–Crippen LogP) is 2.75. The summed E-state index contributed by atoms with van der Waals surface area (Å²) in [5.41, 5.74) is 2.12. The molecule has 1 aromatic rings. The molecule has 0 radical (unpaired) electrons.